The van der Waals surface area contributed by atoms with E-state index in [4.69, 9.17) is 4.74 Å². The van der Waals surface area contributed by atoms with Crippen LogP contribution in [0.2, 0.25) is 0 Å². The van der Waals surface area contributed by atoms with Crippen LogP contribution < -0.4 is 20.5 Å². The molecule has 4 aromatic rings. The maximum atomic E-state index is 12.9. The van der Waals surface area contributed by atoms with Gasteiger partial charge in [0.15, 0.2) is 17.6 Å². The van der Waals surface area contributed by atoms with Crippen LogP contribution in [-0.2, 0) is 11.0 Å². The minimum atomic E-state index is -4.59. The third kappa shape index (κ3) is 8.28. The molecule has 10 nitrogen and oxygen atoms in total. The Balaban J connectivity index is 1.21. The number of carbonyl (C=O) groups excluding carboxylic acids is 2. The number of nitrogens with one attached hydrogen (secondary N) is 2. The number of benzene rings is 3. The van der Waals surface area contributed by atoms with E-state index in [1.165, 1.54) is 41.3 Å². The van der Waals surface area contributed by atoms with Crippen molar-refractivity contribution < 1.29 is 40.7 Å². The zero-order valence-corrected chi connectivity index (χ0v) is 25.4. The highest BCUT2D eigenvalue weighted by Crippen LogP contribution is 2.36. The second-order valence-corrected chi connectivity index (χ2v) is 11.2. The molecule has 0 saturated carbocycles. The number of rotatable bonds is 8. The van der Waals surface area contributed by atoms with E-state index in [-0.39, 0.29) is 22.4 Å². The van der Waals surface area contributed by atoms with Gasteiger partial charge in [-0.1, -0.05) is 42.1 Å². The van der Waals surface area contributed by atoms with E-state index < -0.39 is 42.5 Å². The van der Waals surface area contributed by atoms with Gasteiger partial charge in [-0.2, -0.15) is 31.3 Å². The average Bonchev–Trinajstić information content (AvgIpc) is 3.65. The molecule has 1 aliphatic heterocycles. The van der Waals surface area contributed by atoms with Gasteiger partial charge in [0.05, 0.1) is 22.7 Å². The Morgan fingerprint density at radius 3 is 2.40 bits per heavy atom. The molecule has 1 aliphatic rings. The fourth-order valence-electron chi connectivity index (χ4n) is 4.38. The van der Waals surface area contributed by atoms with E-state index in [0.29, 0.717) is 22.6 Å². The molecule has 1 atom stereocenters. The summed E-state index contributed by atoms with van der Waals surface area (Å²) in [7, 11) is 0. The molecule has 1 unspecified atom stereocenters. The Kier molecular flexibility index (Phi) is 9.58. The van der Waals surface area contributed by atoms with E-state index in [1.807, 2.05) is 0 Å². The predicted octanol–water partition coefficient (Wildman–Crippen LogP) is 6.61. The molecule has 1 saturated heterocycles. The number of aryl methyl sites for hydroxylation is 1. The van der Waals surface area contributed by atoms with Crippen LogP contribution in [0, 0.1) is 6.92 Å². The molecule has 3 amide bonds. The van der Waals surface area contributed by atoms with E-state index in [9.17, 15) is 35.9 Å². The highest BCUT2D eigenvalue weighted by Gasteiger charge is 2.34. The minimum Gasteiger partial charge on any atom is -0.482 e. The lowest BCUT2D eigenvalue weighted by molar-refractivity contribution is -0.153. The highest BCUT2D eigenvalue weighted by atomic mass is 32.2. The molecule has 246 valence electrons. The van der Waals surface area contributed by atoms with Crippen molar-refractivity contribution >= 4 is 34.6 Å². The van der Waals surface area contributed by atoms with Crippen LogP contribution >= 0.6 is 11.8 Å². The first-order valence-corrected chi connectivity index (χ1v) is 14.8. The summed E-state index contributed by atoms with van der Waals surface area (Å²) >= 11 is 0.953. The Morgan fingerprint density at radius 1 is 1.04 bits per heavy atom. The minimum absolute atomic E-state index is 0.0306. The number of nitrogens with zero attached hydrogens (tertiary/aromatic N) is 5. The summed E-state index contributed by atoms with van der Waals surface area (Å²) in [5.74, 6) is -0.403. The number of alkyl halides is 6. The quantitative estimate of drug-likeness (QED) is 0.159. The van der Waals surface area contributed by atoms with Crippen LogP contribution in [0.5, 0.6) is 5.75 Å². The lowest BCUT2D eigenvalue weighted by Crippen LogP contribution is -2.39. The standard InChI is InChI=1S/C30H25F6N7O3S/c1-17-3-12-24(46-15-29(31,32)33)23(13-17)43-25(44)14-47-28(43)38-27(45)40-39-18(2)19-4-6-20(7-5-19)26-37-16-42(41-26)22-10-8-21(9-11-22)30(34,35)36/h3-13,16,18,39H,14-15H2,1-2H3,(H,40,45)/b38-28-. The highest BCUT2D eigenvalue weighted by molar-refractivity contribution is 8.15. The number of thioether (sulfide) groups is 1. The summed E-state index contributed by atoms with van der Waals surface area (Å²) in [6, 6.07) is 14.6. The van der Waals surface area contributed by atoms with Crippen molar-refractivity contribution in [1.29, 1.82) is 0 Å². The molecule has 2 heterocycles. The van der Waals surface area contributed by atoms with E-state index in [0.717, 1.165) is 34.4 Å². The van der Waals surface area contributed by atoms with Crippen molar-refractivity contribution in [2.45, 2.75) is 32.2 Å². The molecule has 0 spiro atoms. The largest absolute Gasteiger partial charge is 0.482 e. The monoisotopic (exact) mass is 677 g/mol. The van der Waals surface area contributed by atoms with Gasteiger partial charge in [-0.15, -0.1) is 5.10 Å². The molecule has 2 N–H and O–H groups in total. The van der Waals surface area contributed by atoms with Crippen molar-refractivity contribution in [3.63, 3.8) is 0 Å². The average molecular weight is 678 g/mol. The summed E-state index contributed by atoms with van der Waals surface area (Å²) in [4.78, 5) is 34.6. The van der Waals surface area contributed by atoms with Gasteiger partial charge in [0, 0.05) is 11.6 Å². The number of ether oxygens (including phenoxy) is 1. The van der Waals surface area contributed by atoms with Crippen LogP contribution in [0.15, 0.2) is 78.0 Å². The molecule has 3 aromatic carbocycles. The molecule has 0 bridgehead atoms. The van der Waals surface area contributed by atoms with Crippen LogP contribution in [0.25, 0.3) is 17.1 Å². The van der Waals surface area contributed by atoms with Crippen LogP contribution in [0.4, 0.5) is 36.8 Å². The number of amides is 3. The number of hydrogen-bond donors (Lipinski definition) is 2. The first-order chi connectivity index (χ1) is 22.2. The van der Waals surface area contributed by atoms with E-state index >= 15 is 0 Å². The van der Waals surface area contributed by atoms with Crippen LogP contribution in [0.3, 0.4) is 0 Å². The Morgan fingerprint density at radius 2 is 1.74 bits per heavy atom. The number of anilines is 1. The van der Waals surface area contributed by atoms with Gasteiger partial charge >= 0.3 is 18.4 Å². The Labute approximate surface area is 267 Å². The first-order valence-electron chi connectivity index (χ1n) is 13.8. The number of hydrazine groups is 1. The second kappa shape index (κ2) is 13.4. The Bertz CT molecular complexity index is 1790. The third-order valence-corrected chi connectivity index (χ3v) is 7.65. The van der Waals surface area contributed by atoms with Crippen molar-refractivity contribution in [2.24, 2.45) is 4.99 Å². The smallest absolute Gasteiger partial charge is 0.422 e. The first kappa shape index (κ1) is 33.5. The zero-order valence-electron chi connectivity index (χ0n) is 24.6. The van der Waals surface area contributed by atoms with Crippen molar-refractivity contribution in [3.05, 3.63) is 89.7 Å². The number of urea groups is 1. The van der Waals surface area contributed by atoms with E-state index in [1.54, 1.807) is 38.1 Å². The molecular weight excluding hydrogens is 652 g/mol. The van der Waals surface area contributed by atoms with E-state index in [2.05, 4.69) is 25.9 Å². The normalized spacial score (nSPS) is 15.3. The third-order valence-electron chi connectivity index (χ3n) is 6.72. The predicted molar refractivity (Wildman–Crippen MR) is 162 cm³/mol. The number of aromatic nitrogens is 3. The molecule has 17 heteroatoms. The molecule has 0 aliphatic carbocycles. The molecule has 1 fully saturated rings. The number of hydrogen-bond acceptors (Lipinski definition) is 7. The number of halogens is 6. The summed E-state index contributed by atoms with van der Waals surface area (Å²) in [6.07, 6.45) is -7.65. The number of aliphatic imine (C=N–C) groups is 1. The van der Waals surface area contributed by atoms with Gasteiger partial charge in [-0.05, 0) is 61.4 Å². The summed E-state index contributed by atoms with van der Waals surface area (Å²) in [5, 5.41) is 4.31. The van der Waals surface area contributed by atoms with Gasteiger partial charge in [0.25, 0.3) is 0 Å². The van der Waals surface area contributed by atoms with Gasteiger partial charge in [-0.25, -0.2) is 19.9 Å². The summed E-state index contributed by atoms with van der Waals surface area (Å²) < 4.78 is 83.2. The summed E-state index contributed by atoms with van der Waals surface area (Å²) in [6.45, 7) is 1.90. The molecule has 47 heavy (non-hydrogen) atoms. The zero-order chi connectivity index (χ0) is 33.9. The fraction of sp³-hybridized carbons (Fsp3) is 0.233. The topological polar surface area (TPSA) is 114 Å². The lowest BCUT2D eigenvalue weighted by atomic mass is 10.1. The van der Waals surface area contributed by atoms with Gasteiger partial charge in [-0.3, -0.25) is 15.1 Å². The van der Waals surface area contributed by atoms with Crippen molar-refractivity contribution in [1.82, 2.24) is 25.6 Å². The molecule has 5 rings (SSSR count). The van der Waals surface area contributed by atoms with Gasteiger partial charge in [0.1, 0.15) is 12.1 Å². The van der Waals surface area contributed by atoms with Crippen LogP contribution in [-0.4, -0.2) is 50.4 Å². The van der Waals surface area contributed by atoms with Crippen molar-refractivity contribution in [2.75, 3.05) is 17.3 Å². The van der Waals surface area contributed by atoms with Gasteiger partial charge in [0.2, 0.25) is 5.91 Å². The molecule has 1 aromatic heterocycles. The summed E-state index contributed by atoms with van der Waals surface area (Å²) in [5.41, 5.74) is 6.97. The maximum absolute atomic E-state index is 12.9. The number of carbonyl (C=O) groups is 2. The van der Waals surface area contributed by atoms with Crippen molar-refractivity contribution in [3.8, 4) is 22.8 Å². The fourth-order valence-corrected chi connectivity index (χ4v) is 5.24. The Hall–Kier alpha value is -4.90. The molecule has 0 radical (unpaired) electrons. The van der Waals surface area contributed by atoms with Crippen LogP contribution in [0.1, 0.15) is 29.7 Å². The molecular formula is C30H25F6N7O3S. The SMILES string of the molecule is Cc1ccc(OCC(F)(F)F)c(N2C(=O)CS/C2=N\C(=O)NNC(C)c2ccc(-c3ncn(-c4ccc(C(F)(F)F)cc4)n3)cc2)c1. The second-order valence-electron chi connectivity index (χ2n) is 10.3. The number of amidine groups is 1. The maximum Gasteiger partial charge on any atom is 0.422 e. The van der Waals surface area contributed by atoms with Gasteiger partial charge < -0.3 is 4.74 Å². The lowest BCUT2D eigenvalue weighted by Gasteiger charge is -2.21.